The van der Waals surface area contributed by atoms with Crippen molar-refractivity contribution < 1.29 is 0 Å². The van der Waals surface area contributed by atoms with Gasteiger partial charge in [0.15, 0.2) is 11.5 Å². The Morgan fingerprint density at radius 2 is 1.87 bits per heavy atom. The number of piperazine rings is 1. The molecule has 124 valence electrons. The number of rotatable bonds is 3. The van der Waals surface area contributed by atoms with Crippen molar-refractivity contribution in [3.8, 4) is 0 Å². The predicted molar refractivity (Wildman–Crippen MR) is 91.9 cm³/mol. The molecular weight excluding hydrogens is 288 g/mol. The summed E-state index contributed by atoms with van der Waals surface area (Å²) in [5.74, 6) is 1.03. The molecule has 2 aromatic rings. The second kappa shape index (κ2) is 6.45. The van der Waals surface area contributed by atoms with Gasteiger partial charge in [0.05, 0.1) is 5.69 Å². The Labute approximate surface area is 137 Å². The number of fused-ring (bicyclic) bond motifs is 1. The first-order chi connectivity index (χ1) is 11.3. The van der Waals surface area contributed by atoms with E-state index in [-0.39, 0.29) is 0 Å². The molecule has 23 heavy (non-hydrogen) atoms. The van der Waals surface area contributed by atoms with Crippen LogP contribution in [0.15, 0.2) is 12.4 Å². The van der Waals surface area contributed by atoms with Crippen molar-refractivity contribution in [1.82, 2.24) is 24.6 Å². The molecule has 2 aliphatic heterocycles. The van der Waals surface area contributed by atoms with Gasteiger partial charge in [-0.3, -0.25) is 9.30 Å². The number of hydrogen-bond donors (Lipinski definition) is 1. The first-order valence-corrected chi connectivity index (χ1v) is 8.83. The number of nitrogens with one attached hydrogen (secondary N) is 1. The van der Waals surface area contributed by atoms with Crippen molar-refractivity contribution in [2.45, 2.75) is 32.7 Å². The Morgan fingerprint density at radius 1 is 1.09 bits per heavy atom. The van der Waals surface area contributed by atoms with E-state index in [1.807, 2.05) is 12.4 Å². The lowest BCUT2D eigenvalue weighted by molar-refractivity contribution is 0.218. The third kappa shape index (κ3) is 2.93. The fraction of sp³-hybridized carbons (Fsp3) is 0.647. The first-order valence-electron chi connectivity index (χ1n) is 8.83. The largest absolute Gasteiger partial charge is 0.351 e. The highest BCUT2D eigenvalue weighted by molar-refractivity contribution is 5.65. The molecule has 6 nitrogen and oxygen atoms in total. The van der Waals surface area contributed by atoms with Crippen molar-refractivity contribution in [2.24, 2.45) is 0 Å². The van der Waals surface area contributed by atoms with E-state index >= 15 is 0 Å². The number of aromatic nitrogens is 3. The zero-order chi connectivity index (χ0) is 15.6. The van der Waals surface area contributed by atoms with Gasteiger partial charge in [-0.2, -0.15) is 0 Å². The van der Waals surface area contributed by atoms with Gasteiger partial charge in [-0.05, 0) is 32.9 Å². The fourth-order valence-corrected chi connectivity index (χ4v) is 3.71. The maximum atomic E-state index is 4.98. The van der Waals surface area contributed by atoms with Crippen LogP contribution in [0.4, 0.5) is 5.82 Å². The summed E-state index contributed by atoms with van der Waals surface area (Å²) in [6, 6.07) is 0. The molecule has 0 radical (unpaired) electrons. The van der Waals surface area contributed by atoms with Crippen LogP contribution in [0.5, 0.6) is 0 Å². The van der Waals surface area contributed by atoms with Crippen LogP contribution in [0.2, 0.25) is 0 Å². The van der Waals surface area contributed by atoms with Crippen molar-refractivity contribution >= 4 is 11.5 Å². The van der Waals surface area contributed by atoms with E-state index in [1.54, 1.807) is 0 Å². The highest BCUT2D eigenvalue weighted by atomic mass is 15.3. The van der Waals surface area contributed by atoms with Gasteiger partial charge in [0.1, 0.15) is 0 Å². The molecule has 2 saturated heterocycles. The molecule has 0 aliphatic carbocycles. The molecule has 2 fully saturated rings. The van der Waals surface area contributed by atoms with Crippen molar-refractivity contribution in [1.29, 1.82) is 0 Å². The van der Waals surface area contributed by atoms with Crippen LogP contribution in [-0.4, -0.2) is 58.5 Å². The maximum Gasteiger partial charge on any atom is 0.180 e. The Balaban J connectivity index is 1.65. The van der Waals surface area contributed by atoms with Crippen LogP contribution in [0.3, 0.4) is 0 Å². The zero-order valence-corrected chi connectivity index (χ0v) is 14.0. The molecule has 0 saturated carbocycles. The van der Waals surface area contributed by atoms with Crippen molar-refractivity contribution in [2.75, 3.05) is 44.2 Å². The molecule has 0 atom stereocenters. The van der Waals surface area contributed by atoms with E-state index in [0.717, 1.165) is 44.2 Å². The van der Waals surface area contributed by atoms with Crippen molar-refractivity contribution in [3.05, 3.63) is 23.8 Å². The lowest BCUT2D eigenvalue weighted by Crippen LogP contribution is -2.44. The predicted octanol–water partition coefficient (Wildman–Crippen LogP) is 1.43. The van der Waals surface area contributed by atoms with Crippen LogP contribution in [0.1, 0.15) is 30.7 Å². The number of hydrogen-bond acceptors (Lipinski definition) is 5. The molecule has 2 aliphatic rings. The fourth-order valence-electron chi connectivity index (χ4n) is 3.71. The molecule has 6 heteroatoms. The van der Waals surface area contributed by atoms with E-state index < -0.39 is 0 Å². The molecule has 1 N–H and O–H groups in total. The summed E-state index contributed by atoms with van der Waals surface area (Å²) >= 11 is 0. The van der Waals surface area contributed by atoms with E-state index in [2.05, 4.69) is 31.4 Å². The lowest BCUT2D eigenvalue weighted by Gasteiger charge is -2.28. The van der Waals surface area contributed by atoms with Gasteiger partial charge in [-0.15, -0.1) is 0 Å². The molecule has 2 aromatic heterocycles. The minimum atomic E-state index is 0.967. The summed E-state index contributed by atoms with van der Waals surface area (Å²) in [5, 5.41) is 3.40. The van der Waals surface area contributed by atoms with Crippen LogP contribution in [-0.2, 0) is 6.54 Å². The van der Waals surface area contributed by atoms with Gasteiger partial charge in [0.25, 0.3) is 0 Å². The number of piperidine rings is 1. The number of aryl methyl sites for hydroxylation is 1. The van der Waals surface area contributed by atoms with Gasteiger partial charge in [0, 0.05) is 50.8 Å². The molecule has 0 aromatic carbocycles. The van der Waals surface area contributed by atoms with Gasteiger partial charge in [0.2, 0.25) is 0 Å². The van der Waals surface area contributed by atoms with Crippen molar-refractivity contribution in [3.63, 3.8) is 0 Å². The lowest BCUT2D eigenvalue weighted by atomic mass is 10.1. The minimum Gasteiger partial charge on any atom is -0.351 e. The van der Waals surface area contributed by atoms with Gasteiger partial charge >= 0.3 is 0 Å². The topological polar surface area (TPSA) is 48.7 Å². The first kappa shape index (κ1) is 14.9. The van der Waals surface area contributed by atoms with Gasteiger partial charge in [-0.1, -0.05) is 6.42 Å². The zero-order valence-electron chi connectivity index (χ0n) is 14.0. The standard InChI is InChI=1S/C17H26N6/c1-14-15(13-21-8-3-2-4-9-21)20-17-16(19-7-12-23(14)17)22-10-5-18-6-11-22/h7,12,18H,2-6,8-11,13H2,1H3. The van der Waals surface area contributed by atoms with Crippen LogP contribution < -0.4 is 10.2 Å². The highest BCUT2D eigenvalue weighted by Gasteiger charge is 2.20. The number of imidazole rings is 1. The molecule has 4 rings (SSSR count). The molecule has 4 heterocycles. The highest BCUT2D eigenvalue weighted by Crippen LogP contribution is 2.23. The Hall–Kier alpha value is -1.66. The average molecular weight is 314 g/mol. The monoisotopic (exact) mass is 314 g/mol. The molecule has 0 bridgehead atoms. The van der Waals surface area contributed by atoms with E-state index in [4.69, 9.17) is 4.98 Å². The number of anilines is 1. The summed E-state index contributed by atoms with van der Waals surface area (Å²) < 4.78 is 2.21. The Bertz CT molecular complexity index is 667. The Morgan fingerprint density at radius 3 is 2.65 bits per heavy atom. The molecule has 0 amide bonds. The third-order valence-electron chi connectivity index (χ3n) is 5.10. The van der Waals surface area contributed by atoms with E-state index in [9.17, 15) is 0 Å². The Kier molecular flexibility index (Phi) is 4.18. The quantitative estimate of drug-likeness (QED) is 0.929. The smallest absolute Gasteiger partial charge is 0.180 e. The summed E-state index contributed by atoms with van der Waals surface area (Å²) in [5.41, 5.74) is 3.47. The van der Waals surface area contributed by atoms with E-state index in [1.165, 1.54) is 43.7 Å². The minimum absolute atomic E-state index is 0.967. The maximum absolute atomic E-state index is 4.98. The SMILES string of the molecule is Cc1c(CN2CCCCC2)nc2c(N3CCNCC3)nccn12. The third-order valence-corrected chi connectivity index (χ3v) is 5.10. The number of likely N-dealkylation sites (tertiary alicyclic amines) is 1. The molecule has 0 spiro atoms. The van der Waals surface area contributed by atoms with Gasteiger partial charge in [-0.25, -0.2) is 9.97 Å². The number of nitrogens with zero attached hydrogens (tertiary/aromatic N) is 5. The normalized spacial score (nSPS) is 20.3. The van der Waals surface area contributed by atoms with Crippen LogP contribution >= 0.6 is 0 Å². The summed E-state index contributed by atoms with van der Waals surface area (Å²) in [7, 11) is 0. The van der Waals surface area contributed by atoms with Gasteiger partial charge < -0.3 is 10.2 Å². The van der Waals surface area contributed by atoms with Crippen LogP contribution in [0.25, 0.3) is 5.65 Å². The second-order valence-corrected chi connectivity index (χ2v) is 6.66. The second-order valence-electron chi connectivity index (χ2n) is 6.66. The summed E-state index contributed by atoms with van der Waals surface area (Å²) in [6.45, 7) is 9.59. The molecule has 0 unspecified atom stereocenters. The summed E-state index contributed by atoms with van der Waals surface area (Å²) in [4.78, 5) is 14.5. The van der Waals surface area contributed by atoms with E-state index in [0.29, 0.717) is 0 Å². The summed E-state index contributed by atoms with van der Waals surface area (Å²) in [6.07, 6.45) is 7.96. The molecular formula is C17H26N6. The van der Waals surface area contributed by atoms with Crippen LogP contribution in [0, 0.1) is 6.92 Å². The average Bonchev–Trinajstić information content (AvgIpc) is 2.93.